The van der Waals surface area contributed by atoms with Gasteiger partial charge in [-0.1, -0.05) is 24.3 Å². The van der Waals surface area contributed by atoms with E-state index in [1.165, 1.54) is 0 Å². The predicted molar refractivity (Wildman–Crippen MR) is 101 cm³/mol. The molecule has 1 aromatic carbocycles. The average molecular weight is 352 g/mol. The van der Waals surface area contributed by atoms with Gasteiger partial charge in [-0.3, -0.25) is 9.36 Å². The number of aromatic nitrogens is 4. The summed E-state index contributed by atoms with van der Waals surface area (Å²) in [4.78, 5) is 12.3. The van der Waals surface area contributed by atoms with Crippen LogP contribution in [0.5, 0.6) is 0 Å². The molecule has 26 heavy (non-hydrogen) atoms. The number of carbonyl (C=O) groups is 1. The van der Waals surface area contributed by atoms with Crippen LogP contribution in [0.2, 0.25) is 0 Å². The second-order valence-electron chi connectivity index (χ2n) is 6.14. The zero-order valence-electron chi connectivity index (χ0n) is 15.4. The topological polar surface area (TPSA) is 76.8 Å². The average Bonchev–Trinajstić information content (AvgIpc) is 3.24. The molecule has 3 rings (SSSR count). The fourth-order valence-electron chi connectivity index (χ4n) is 2.97. The van der Waals surface area contributed by atoms with E-state index in [9.17, 15) is 4.79 Å². The van der Waals surface area contributed by atoms with Crippen LogP contribution in [0.3, 0.4) is 0 Å². The van der Waals surface area contributed by atoms with E-state index < -0.39 is 0 Å². The Morgan fingerprint density at radius 3 is 2.58 bits per heavy atom. The molecule has 3 aromatic rings. The lowest BCUT2D eigenvalue weighted by molar-refractivity contribution is 0.251. The lowest BCUT2D eigenvalue weighted by atomic mass is 10.1. The molecule has 0 bridgehead atoms. The molecule has 2 N–H and O–H groups in total. The van der Waals surface area contributed by atoms with E-state index in [1.54, 1.807) is 6.20 Å². The number of amides is 2. The van der Waals surface area contributed by atoms with Crippen molar-refractivity contribution >= 4 is 11.7 Å². The molecule has 0 aliphatic carbocycles. The third kappa shape index (κ3) is 3.93. The Labute approximate surface area is 153 Å². The summed E-state index contributed by atoms with van der Waals surface area (Å²) in [7, 11) is 0. The van der Waals surface area contributed by atoms with Gasteiger partial charge in [0.2, 0.25) is 0 Å². The third-order valence-corrected chi connectivity index (χ3v) is 4.37. The van der Waals surface area contributed by atoms with E-state index in [1.807, 2.05) is 60.6 Å². The largest absolute Gasteiger partial charge is 0.334 e. The van der Waals surface area contributed by atoms with Gasteiger partial charge in [0, 0.05) is 25.5 Å². The Morgan fingerprint density at radius 1 is 1.15 bits per heavy atom. The van der Waals surface area contributed by atoms with Crippen molar-refractivity contribution < 1.29 is 4.79 Å². The summed E-state index contributed by atoms with van der Waals surface area (Å²) in [6.45, 7) is 7.78. The highest BCUT2D eigenvalue weighted by molar-refractivity contribution is 5.90. The van der Waals surface area contributed by atoms with Gasteiger partial charge < -0.3 is 10.6 Å². The molecule has 0 unspecified atom stereocenters. The third-order valence-electron chi connectivity index (χ3n) is 4.37. The van der Waals surface area contributed by atoms with E-state index in [0.717, 1.165) is 34.7 Å². The quantitative estimate of drug-likeness (QED) is 0.716. The zero-order chi connectivity index (χ0) is 18.5. The van der Waals surface area contributed by atoms with Gasteiger partial charge >= 0.3 is 6.03 Å². The Morgan fingerprint density at radius 2 is 1.92 bits per heavy atom. The monoisotopic (exact) mass is 352 g/mol. The van der Waals surface area contributed by atoms with Gasteiger partial charge in [0.15, 0.2) is 0 Å². The first-order valence-corrected chi connectivity index (χ1v) is 8.71. The van der Waals surface area contributed by atoms with Crippen molar-refractivity contribution in [3.8, 4) is 0 Å². The highest BCUT2D eigenvalue weighted by Gasteiger charge is 2.13. The Hall–Kier alpha value is -3.09. The molecule has 0 aliphatic heterocycles. The van der Waals surface area contributed by atoms with Crippen molar-refractivity contribution in [1.29, 1.82) is 0 Å². The van der Waals surface area contributed by atoms with E-state index in [4.69, 9.17) is 0 Å². The predicted octanol–water partition coefficient (Wildman–Crippen LogP) is 3.09. The second kappa shape index (κ2) is 7.86. The van der Waals surface area contributed by atoms with Gasteiger partial charge in [0.25, 0.3) is 0 Å². The molecule has 0 saturated carbocycles. The van der Waals surface area contributed by atoms with Gasteiger partial charge in [-0.15, -0.1) is 0 Å². The van der Waals surface area contributed by atoms with E-state index >= 15 is 0 Å². The van der Waals surface area contributed by atoms with E-state index in [-0.39, 0.29) is 6.03 Å². The van der Waals surface area contributed by atoms with Crippen molar-refractivity contribution in [3.63, 3.8) is 0 Å². The molecule has 0 aliphatic rings. The van der Waals surface area contributed by atoms with Crippen molar-refractivity contribution in [2.24, 2.45) is 0 Å². The zero-order valence-corrected chi connectivity index (χ0v) is 15.4. The Balaban J connectivity index is 1.64. The van der Waals surface area contributed by atoms with Crippen LogP contribution in [0.15, 0.2) is 42.7 Å². The molecule has 0 fully saturated rings. The van der Waals surface area contributed by atoms with Gasteiger partial charge in [-0.25, -0.2) is 4.79 Å². The summed E-state index contributed by atoms with van der Waals surface area (Å²) >= 11 is 0. The van der Waals surface area contributed by atoms with Crippen LogP contribution >= 0.6 is 0 Å². The molecule has 0 spiro atoms. The normalized spacial score (nSPS) is 10.7. The molecule has 0 atom stereocenters. The first-order valence-electron chi connectivity index (χ1n) is 8.71. The number of aryl methyl sites for hydroxylation is 2. The number of benzene rings is 1. The molecule has 0 radical (unpaired) electrons. The molecule has 7 nitrogen and oxygen atoms in total. The molecular weight excluding hydrogens is 328 g/mol. The number of nitrogens with zero attached hydrogens (tertiary/aromatic N) is 4. The highest BCUT2D eigenvalue weighted by atomic mass is 16.2. The van der Waals surface area contributed by atoms with Crippen molar-refractivity contribution in [2.45, 2.75) is 40.4 Å². The molecule has 136 valence electrons. The summed E-state index contributed by atoms with van der Waals surface area (Å²) in [5.41, 5.74) is 4.74. The van der Waals surface area contributed by atoms with E-state index in [2.05, 4.69) is 26.9 Å². The van der Waals surface area contributed by atoms with Gasteiger partial charge in [-0.05, 0) is 38.0 Å². The van der Waals surface area contributed by atoms with Gasteiger partial charge in [-0.2, -0.15) is 10.2 Å². The van der Waals surface area contributed by atoms with Crippen molar-refractivity contribution in [3.05, 3.63) is 65.2 Å². The maximum absolute atomic E-state index is 12.3. The minimum Gasteiger partial charge on any atom is -0.334 e. The van der Waals surface area contributed by atoms with Crippen LogP contribution in [0.1, 0.15) is 29.4 Å². The lowest BCUT2D eigenvalue weighted by Crippen LogP contribution is -2.29. The number of hydrogen-bond donors (Lipinski definition) is 2. The minimum absolute atomic E-state index is 0.235. The maximum atomic E-state index is 12.3. The summed E-state index contributed by atoms with van der Waals surface area (Å²) in [5.74, 6) is 0. The number of rotatable bonds is 6. The molecule has 0 saturated heterocycles. The van der Waals surface area contributed by atoms with Crippen molar-refractivity contribution in [2.75, 3.05) is 5.32 Å². The van der Waals surface area contributed by atoms with Crippen LogP contribution in [-0.4, -0.2) is 25.6 Å². The maximum Gasteiger partial charge on any atom is 0.319 e. The number of nitrogens with one attached hydrogen (secondary N) is 2. The Kier molecular flexibility index (Phi) is 5.36. The van der Waals surface area contributed by atoms with Gasteiger partial charge in [0.1, 0.15) is 0 Å². The second-order valence-corrected chi connectivity index (χ2v) is 6.14. The van der Waals surface area contributed by atoms with Gasteiger partial charge in [0.05, 0.1) is 23.6 Å². The molecular formula is C19H24N6O. The van der Waals surface area contributed by atoms with Crippen molar-refractivity contribution in [1.82, 2.24) is 24.9 Å². The highest BCUT2D eigenvalue weighted by Crippen LogP contribution is 2.19. The number of urea groups is 1. The van der Waals surface area contributed by atoms with Crippen LogP contribution in [0.25, 0.3) is 0 Å². The number of anilines is 1. The summed E-state index contributed by atoms with van der Waals surface area (Å²) < 4.78 is 3.75. The summed E-state index contributed by atoms with van der Waals surface area (Å²) in [6, 6.07) is 9.70. The van der Waals surface area contributed by atoms with Crippen LogP contribution in [0, 0.1) is 13.8 Å². The smallest absolute Gasteiger partial charge is 0.319 e. The minimum atomic E-state index is -0.235. The lowest BCUT2D eigenvalue weighted by Gasteiger charge is -2.12. The standard InChI is InChI=1S/C19H24N6O/c1-4-25-15(3)18(14(2)23-25)22-19(26)20-12-16-8-5-6-9-17(16)13-24-11-7-10-21-24/h5-11H,4,12-13H2,1-3H3,(H2,20,22,26). The first kappa shape index (κ1) is 17.7. The molecule has 2 aromatic heterocycles. The van der Waals surface area contributed by atoms with E-state index in [0.29, 0.717) is 13.1 Å². The molecule has 2 heterocycles. The number of carbonyl (C=O) groups excluding carboxylic acids is 1. The van der Waals surface area contributed by atoms with Crippen LogP contribution in [-0.2, 0) is 19.6 Å². The van der Waals surface area contributed by atoms with Crippen LogP contribution < -0.4 is 10.6 Å². The molecule has 2 amide bonds. The Bertz CT molecular complexity index is 882. The molecule has 7 heteroatoms. The first-order chi connectivity index (χ1) is 12.6. The fourth-order valence-corrected chi connectivity index (χ4v) is 2.97. The fraction of sp³-hybridized carbons (Fsp3) is 0.316. The SMILES string of the molecule is CCn1nc(C)c(NC(=O)NCc2ccccc2Cn2cccn2)c1C. The number of hydrogen-bond acceptors (Lipinski definition) is 3. The summed E-state index contributed by atoms with van der Waals surface area (Å²) in [6.07, 6.45) is 3.68. The van der Waals surface area contributed by atoms with Crippen LogP contribution in [0.4, 0.5) is 10.5 Å². The summed E-state index contributed by atoms with van der Waals surface area (Å²) in [5, 5.41) is 14.5.